The summed E-state index contributed by atoms with van der Waals surface area (Å²) < 4.78 is 27.1. The normalized spacial score (nSPS) is 13.2. The smallest absolute Gasteiger partial charge is 0.212 e. The maximum absolute atomic E-state index is 12.1. The van der Waals surface area contributed by atoms with Gasteiger partial charge in [-0.15, -0.1) is 0 Å². The van der Waals surface area contributed by atoms with Crippen LogP contribution in [0.4, 0.5) is 0 Å². The molecule has 0 saturated carbocycles. The molecule has 0 aromatic heterocycles. The third-order valence-corrected chi connectivity index (χ3v) is 4.85. The van der Waals surface area contributed by atoms with Crippen LogP contribution in [0.15, 0.2) is 30.3 Å². The van der Waals surface area contributed by atoms with Gasteiger partial charge in [0.15, 0.2) is 0 Å². The zero-order valence-corrected chi connectivity index (χ0v) is 14.0. The first kappa shape index (κ1) is 18.1. The van der Waals surface area contributed by atoms with Crippen molar-refractivity contribution in [2.24, 2.45) is 0 Å². The Morgan fingerprint density at radius 1 is 1.05 bits per heavy atom. The summed E-state index contributed by atoms with van der Waals surface area (Å²) in [5.41, 5.74) is 1.02. The van der Waals surface area contributed by atoms with Gasteiger partial charge in [-0.3, -0.25) is 0 Å². The molecule has 120 valence electrons. The molecule has 21 heavy (non-hydrogen) atoms. The van der Waals surface area contributed by atoms with E-state index in [0.717, 1.165) is 37.9 Å². The Balaban J connectivity index is 2.40. The van der Waals surface area contributed by atoms with Crippen LogP contribution in [0.2, 0.25) is 0 Å². The first-order valence-electron chi connectivity index (χ1n) is 7.84. The summed E-state index contributed by atoms with van der Waals surface area (Å²) in [6, 6.07) is 9.61. The fraction of sp³-hybridized carbons (Fsp3) is 0.625. The Morgan fingerprint density at radius 3 is 2.38 bits per heavy atom. The van der Waals surface area contributed by atoms with Gasteiger partial charge in [-0.25, -0.2) is 13.1 Å². The quantitative estimate of drug-likeness (QED) is 0.618. The highest BCUT2D eigenvalue weighted by molar-refractivity contribution is 7.89. The molecule has 0 spiro atoms. The van der Waals surface area contributed by atoms with E-state index in [1.807, 2.05) is 37.3 Å². The molecule has 4 nitrogen and oxygen atoms in total. The van der Waals surface area contributed by atoms with E-state index in [-0.39, 0.29) is 11.8 Å². The lowest BCUT2D eigenvalue weighted by Crippen LogP contribution is -2.30. The van der Waals surface area contributed by atoms with E-state index in [0.29, 0.717) is 6.42 Å². The summed E-state index contributed by atoms with van der Waals surface area (Å²) in [4.78, 5) is 0. The molecule has 1 atom stereocenters. The molecule has 5 heteroatoms. The number of sulfonamides is 1. The topological polar surface area (TPSA) is 58.2 Å². The molecule has 0 aliphatic heterocycles. The van der Waals surface area contributed by atoms with Gasteiger partial charge in [-0.2, -0.15) is 0 Å². The summed E-state index contributed by atoms with van der Waals surface area (Å²) in [5.74, 6) is 0.199. The minimum Gasteiger partial charge on any atom is -0.317 e. The van der Waals surface area contributed by atoms with Crippen molar-refractivity contribution >= 4 is 10.0 Å². The standard InChI is InChI=1S/C16H28N2O2S/c1-3-12-17-13-8-9-14-21(19,20)18-16(4-2)15-10-6-5-7-11-15/h5-7,10-11,16-18H,3-4,8-9,12-14H2,1-2H3. The van der Waals surface area contributed by atoms with Crippen molar-refractivity contribution in [3.8, 4) is 0 Å². The molecule has 0 amide bonds. The van der Waals surface area contributed by atoms with Gasteiger partial charge in [0.1, 0.15) is 0 Å². The monoisotopic (exact) mass is 312 g/mol. The molecule has 0 radical (unpaired) electrons. The van der Waals surface area contributed by atoms with Gasteiger partial charge < -0.3 is 5.32 Å². The van der Waals surface area contributed by atoms with Crippen molar-refractivity contribution in [3.63, 3.8) is 0 Å². The fourth-order valence-electron chi connectivity index (χ4n) is 2.19. The maximum Gasteiger partial charge on any atom is 0.212 e. The van der Waals surface area contributed by atoms with E-state index in [1.54, 1.807) is 0 Å². The first-order valence-corrected chi connectivity index (χ1v) is 9.50. The molecule has 0 heterocycles. The van der Waals surface area contributed by atoms with E-state index in [1.165, 1.54) is 0 Å². The zero-order valence-electron chi connectivity index (χ0n) is 13.1. The Hall–Kier alpha value is -0.910. The summed E-state index contributed by atoms with van der Waals surface area (Å²) in [7, 11) is -3.21. The van der Waals surface area contributed by atoms with Gasteiger partial charge in [0.05, 0.1) is 5.75 Å². The van der Waals surface area contributed by atoms with Crippen molar-refractivity contribution in [2.45, 2.75) is 45.6 Å². The Kier molecular flexibility index (Phi) is 8.57. The Bertz CT molecular complexity index is 474. The van der Waals surface area contributed by atoms with Crippen LogP contribution in [-0.4, -0.2) is 27.3 Å². The Labute approximate surface area is 129 Å². The van der Waals surface area contributed by atoms with Crippen molar-refractivity contribution in [1.82, 2.24) is 10.0 Å². The van der Waals surface area contributed by atoms with Crippen LogP contribution in [0.5, 0.6) is 0 Å². The maximum atomic E-state index is 12.1. The molecule has 2 N–H and O–H groups in total. The van der Waals surface area contributed by atoms with Crippen LogP contribution in [0.1, 0.15) is 51.1 Å². The van der Waals surface area contributed by atoms with E-state index in [2.05, 4.69) is 17.0 Å². The van der Waals surface area contributed by atoms with Gasteiger partial charge in [0.2, 0.25) is 10.0 Å². The zero-order chi connectivity index (χ0) is 15.6. The summed E-state index contributed by atoms with van der Waals surface area (Å²) >= 11 is 0. The summed E-state index contributed by atoms with van der Waals surface area (Å²) in [5, 5.41) is 3.28. The minimum atomic E-state index is -3.21. The highest BCUT2D eigenvalue weighted by Crippen LogP contribution is 2.17. The lowest BCUT2D eigenvalue weighted by molar-refractivity contribution is 0.544. The van der Waals surface area contributed by atoms with Gasteiger partial charge in [-0.1, -0.05) is 44.2 Å². The summed E-state index contributed by atoms with van der Waals surface area (Å²) in [6.45, 7) is 6.00. The third-order valence-electron chi connectivity index (χ3n) is 3.38. The predicted molar refractivity (Wildman–Crippen MR) is 88.8 cm³/mol. The molecule has 1 aromatic carbocycles. The fourth-order valence-corrected chi connectivity index (χ4v) is 3.63. The number of nitrogens with one attached hydrogen (secondary N) is 2. The lowest BCUT2D eigenvalue weighted by atomic mass is 10.1. The second-order valence-corrected chi connectivity index (χ2v) is 7.14. The largest absolute Gasteiger partial charge is 0.317 e. The molecule has 0 bridgehead atoms. The van der Waals surface area contributed by atoms with Crippen molar-refractivity contribution in [2.75, 3.05) is 18.8 Å². The van der Waals surface area contributed by atoms with Crippen LogP contribution in [0, 0.1) is 0 Å². The van der Waals surface area contributed by atoms with Crippen molar-refractivity contribution < 1.29 is 8.42 Å². The van der Waals surface area contributed by atoms with Crippen LogP contribution in [0.25, 0.3) is 0 Å². The second-order valence-electron chi connectivity index (χ2n) is 5.27. The van der Waals surface area contributed by atoms with Crippen molar-refractivity contribution in [3.05, 3.63) is 35.9 Å². The van der Waals surface area contributed by atoms with Crippen LogP contribution in [-0.2, 0) is 10.0 Å². The van der Waals surface area contributed by atoms with E-state index in [4.69, 9.17) is 0 Å². The molecule has 0 aliphatic carbocycles. The number of rotatable bonds is 11. The molecule has 1 unspecified atom stereocenters. The average molecular weight is 312 g/mol. The Morgan fingerprint density at radius 2 is 1.76 bits per heavy atom. The van der Waals surface area contributed by atoms with Crippen molar-refractivity contribution in [1.29, 1.82) is 0 Å². The highest BCUT2D eigenvalue weighted by atomic mass is 32.2. The average Bonchev–Trinajstić information content (AvgIpc) is 2.49. The van der Waals surface area contributed by atoms with Crippen LogP contribution in [0.3, 0.4) is 0 Å². The minimum absolute atomic E-state index is 0.130. The predicted octanol–water partition coefficient (Wildman–Crippen LogP) is 2.84. The van der Waals surface area contributed by atoms with Gasteiger partial charge in [0, 0.05) is 6.04 Å². The molecule has 1 aromatic rings. The van der Waals surface area contributed by atoms with Gasteiger partial charge in [-0.05, 0) is 44.3 Å². The lowest BCUT2D eigenvalue weighted by Gasteiger charge is -2.17. The summed E-state index contributed by atoms with van der Waals surface area (Å²) in [6.07, 6.45) is 3.44. The number of unbranched alkanes of at least 4 members (excludes halogenated alkanes) is 1. The molecule has 0 aliphatic rings. The SMILES string of the molecule is CCCNCCCCS(=O)(=O)NC(CC)c1ccccc1. The van der Waals surface area contributed by atoms with Gasteiger partial charge in [0.25, 0.3) is 0 Å². The highest BCUT2D eigenvalue weighted by Gasteiger charge is 2.17. The number of benzene rings is 1. The van der Waals surface area contributed by atoms with E-state index >= 15 is 0 Å². The molecular weight excluding hydrogens is 284 g/mol. The molecular formula is C16H28N2O2S. The van der Waals surface area contributed by atoms with Crippen LogP contribution >= 0.6 is 0 Å². The first-order chi connectivity index (χ1) is 10.1. The van der Waals surface area contributed by atoms with Crippen LogP contribution < -0.4 is 10.0 Å². The number of hydrogen-bond donors (Lipinski definition) is 2. The second kappa shape index (κ2) is 9.92. The van der Waals surface area contributed by atoms with E-state index < -0.39 is 10.0 Å². The van der Waals surface area contributed by atoms with E-state index in [9.17, 15) is 8.42 Å². The number of hydrogen-bond acceptors (Lipinski definition) is 3. The van der Waals surface area contributed by atoms with Gasteiger partial charge >= 0.3 is 0 Å². The molecule has 1 rings (SSSR count). The molecule has 0 saturated heterocycles. The molecule has 0 fully saturated rings. The third kappa shape index (κ3) is 7.60.